The smallest absolute Gasteiger partial charge is 0.136 e. The van der Waals surface area contributed by atoms with Crippen LogP contribution in [0.2, 0.25) is 0 Å². The van der Waals surface area contributed by atoms with Gasteiger partial charge in [-0.2, -0.15) is 0 Å². The van der Waals surface area contributed by atoms with Gasteiger partial charge in [-0.25, -0.2) is 0 Å². The monoisotopic (exact) mass is 192 g/mol. The Bertz CT molecular complexity index is 130. The van der Waals surface area contributed by atoms with Gasteiger partial charge in [-0.05, 0) is 19.8 Å². The number of amides is 1. The lowest BCUT2D eigenvalue weighted by atomic mass is 10.2. The van der Waals surface area contributed by atoms with E-state index < -0.39 is 6.09 Å². The highest BCUT2D eigenvalue weighted by Crippen LogP contribution is 1.99. The molecule has 0 aromatic carbocycles. The number of halogens is 1. The summed E-state index contributed by atoms with van der Waals surface area (Å²) < 4.78 is 0. The van der Waals surface area contributed by atoms with Crippen LogP contribution in [0.5, 0.6) is 0 Å². The molecule has 0 aromatic heterocycles. The summed E-state index contributed by atoms with van der Waals surface area (Å²) in [7, 11) is 0. The molecule has 0 radical (unpaired) electrons. The predicted molar refractivity (Wildman–Crippen MR) is 47.2 cm³/mol. The minimum Gasteiger partial charge on any atom is -0.530 e. The van der Waals surface area contributed by atoms with Crippen LogP contribution in [-0.4, -0.2) is 30.0 Å². The topological polar surface area (TPSA) is 43.4 Å². The van der Waals surface area contributed by atoms with Crippen molar-refractivity contribution in [3.05, 3.63) is 0 Å². The predicted octanol–water partition coefficient (Wildman–Crippen LogP) is 1.06. The number of unbranched alkanes of at least 4 members (excludes halogenated alkanes) is 2. The summed E-state index contributed by atoms with van der Waals surface area (Å²) in [6.45, 7) is 2.87. The third-order valence-electron chi connectivity index (χ3n) is 1.70. The second-order valence-electron chi connectivity index (χ2n) is 2.60. The van der Waals surface area contributed by atoms with E-state index in [1.54, 1.807) is 6.92 Å². The summed E-state index contributed by atoms with van der Waals surface area (Å²) in [6, 6.07) is 0. The molecule has 0 unspecified atom stereocenters. The van der Waals surface area contributed by atoms with Crippen LogP contribution in [0, 0.1) is 0 Å². The van der Waals surface area contributed by atoms with Gasteiger partial charge >= 0.3 is 0 Å². The first-order valence-corrected chi connectivity index (χ1v) is 4.77. The highest BCUT2D eigenvalue weighted by atomic mass is 35.5. The van der Waals surface area contributed by atoms with Crippen LogP contribution < -0.4 is 5.11 Å². The number of alkyl halides is 1. The lowest BCUT2D eigenvalue weighted by Crippen LogP contribution is -2.41. The molecule has 0 N–H and O–H groups in total. The molecule has 4 heteroatoms. The fourth-order valence-electron chi connectivity index (χ4n) is 0.952. The number of carbonyl (C=O) groups is 1. The molecule has 0 aliphatic carbocycles. The average molecular weight is 193 g/mol. The Morgan fingerprint density at radius 2 is 2.08 bits per heavy atom. The highest BCUT2D eigenvalue weighted by molar-refractivity contribution is 6.17. The Balaban J connectivity index is 3.38. The number of carboxylic acid groups (broad SMARTS) is 1. The first-order valence-electron chi connectivity index (χ1n) is 4.24. The lowest BCUT2D eigenvalue weighted by molar-refractivity contribution is -0.265. The molecule has 0 spiro atoms. The second-order valence-corrected chi connectivity index (χ2v) is 2.97. The van der Waals surface area contributed by atoms with E-state index in [2.05, 4.69) is 0 Å². The zero-order valence-corrected chi connectivity index (χ0v) is 8.14. The van der Waals surface area contributed by atoms with Gasteiger partial charge in [-0.15, -0.1) is 11.6 Å². The summed E-state index contributed by atoms with van der Waals surface area (Å²) in [5, 5.41) is 10.4. The summed E-state index contributed by atoms with van der Waals surface area (Å²) in [4.78, 5) is 11.7. The third-order valence-corrected chi connectivity index (χ3v) is 1.97. The van der Waals surface area contributed by atoms with Gasteiger partial charge < -0.3 is 14.8 Å². The maximum atomic E-state index is 10.4. The number of nitrogens with zero attached hydrogens (tertiary/aromatic N) is 1. The summed E-state index contributed by atoms with van der Waals surface area (Å²) in [6.07, 6.45) is 1.72. The van der Waals surface area contributed by atoms with E-state index in [0.717, 1.165) is 19.3 Å². The largest absolute Gasteiger partial charge is 0.530 e. The molecule has 3 nitrogen and oxygen atoms in total. The van der Waals surface area contributed by atoms with Crippen LogP contribution in [0.25, 0.3) is 0 Å². The Morgan fingerprint density at radius 1 is 1.42 bits per heavy atom. The number of carbonyl (C=O) groups excluding carboxylic acids is 1. The zero-order chi connectivity index (χ0) is 9.40. The Hall–Kier alpha value is -0.440. The van der Waals surface area contributed by atoms with Crippen molar-refractivity contribution in [2.75, 3.05) is 19.0 Å². The van der Waals surface area contributed by atoms with Crippen molar-refractivity contribution in [3.8, 4) is 0 Å². The Labute approximate surface area is 78.3 Å². The lowest BCUT2D eigenvalue weighted by Gasteiger charge is -2.22. The molecule has 0 aliphatic rings. The molecule has 0 atom stereocenters. The van der Waals surface area contributed by atoms with Gasteiger partial charge in [0.25, 0.3) is 0 Å². The molecular formula is C8H15ClNO2-. The van der Waals surface area contributed by atoms with Crippen molar-refractivity contribution >= 4 is 17.7 Å². The van der Waals surface area contributed by atoms with Gasteiger partial charge in [0, 0.05) is 19.0 Å². The van der Waals surface area contributed by atoms with Crippen molar-refractivity contribution in [1.82, 2.24) is 4.90 Å². The van der Waals surface area contributed by atoms with Gasteiger partial charge in [0.1, 0.15) is 6.09 Å². The van der Waals surface area contributed by atoms with Gasteiger partial charge in [-0.3, -0.25) is 0 Å². The van der Waals surface area contributed by atoms with Gasteiger partial charge in [0.05, 0.1) is 0 Å². The van der Waals surface area contributed by atoms with Crippen molar-refractivity contribution in [2.24, 2.45) is 0 Å². The van der Waals surface area contributed by atoms with Gasteiger partial charge in [0.15, 0.2) is 0 Å². The van der Waals surface area contributed by atoms with E-state index >= 15 is 0 Å². The zero-order valence-electron chi connectivity index (χ0n) is 7.38. The third kappa shape index (κ3) is 5.24. The minimum atomic E-state index is -1.08. The molecule has 0 saturated carbocycles. The fourth-order valence-corrected chi connectivity index (χ4v) is 1.14. The van der Waals surface area contributed by atoms with Crippen LogP contribution in [0.15, 0.2) is 0 Å². The summed E-state index contributed by atoms with van der Waals surface area (Å²) in [5.41, 5.74) is 0. The fraction of sp³-hybridized carbons (Fsp3) is 0.875. The van der Waals surface area contributed by atoms with Crippen LogP contribution in [0.1, 0.15) is 26.2 Å². The van der Waals surface area contributed by atoms with Crippen molar-refractivity contribution in [3.63, 3.8) is 0 Å². The van der Waals surface area contributed by atoms with Crippen LogP contribution in [-0.2, 0) is 0 Å². The summed E-state index contributed by atoms with van der Waals surface area (Å²) >= 11 is 5.47. The molecule has 12 heavy (non-hydrogen) atoms. The Morgan fingerprint density at radius 3 is 2.50 bits per heavy atom. The number of hydrogen-bond acceptors (Lipinski definition) is 2. The molecule has 0 aromatic rings. The quantitative estimate of drug-likeness (QED) is 0.467. The number of rotatable bonds is 6. The van der Waals surface area contributed by atoms with Crippen molar-refractivity contribution in [2.45, 2.75) is 26.2 Å². The molecule has 0 bridgehead atoms. The van der Waals surface area contributed by atoms with E-state index in [-0.39, 0.29) is 0 Å². The molecule has 0 aliphatic heterocycles. The first-order chi connectivity index (χ1) is 5.72. The number of hydrogen-bond donors (Lipinski definition) is 0. The van der Waals surface area contributed by atoms with Crippen molar-refractivity contribution < 1.29 is 9.90 Å². The summed E-state index contributed by atoms with van der Waals surface area (Å²) in [5.74, 6) is 0.650. The van der Waals surface area contributed by atoms with Crippen molar-refractivity contribution in [1.29, 1.82) is 0 Å². The first kappa shape index (κ1) is 11.6. The molecule has 0 fully saturated rings. The molecular weight excluding hydrogens is 178 g/mol. The van der Waals surface area contributed by atoms with Crippen LogP contribution >= 0.6 is 11.6 Å². The minimum absolute atomic E-state index is 0.503. The standard InChI is InChI=1S/C8H16ClNO2/c1-2-10(8(11)12)7-5-3-4-6-9/h2-7H2,1H3,(H,11,12)/p-1. The normalized spacial score (nSPS) is 9.83. The SMILES string of the molecule is CCN(CCCCCCl)C(=O)[O-]. The molecule has 0 heterocycles. The maximum Gasteiger partial charge on any atom is 0.136 e. The van der Waals surface area contributed by atoms with Gasteiger partial charge in [0.2, 0.25) is 0 Å². The van der Waals surface area contributed by atoms with E-state index in [9.17, 15) is 9.90 Å². The maximum absolute atomic E-state index is 10.4. The average Bonchev–Trinajstić information content (AvgIpc) is 2.04. The van der Waals surface area contributed by atoms with Crippen LogP contribution in [0.4, 0.5) is 4.79 Å². The molecule has 0 rings (SSSR count). The Kier molecular flexibility index (Phi) is 6.96. The van der Waals surface area contributed by atoms with E-state index in [1.807, 2.05) is 0 Å². The molecule has 72 valence electrons. The van der Waals surface area contributed by atoms with Crippen LogP contribution in [0.3, 0.4) is 0 Å². The van der Waals surface area contributed by atoms with E-state index in [1.165, 1.54) is 4.90 Å². The van der Waals surface area contributed by atoms with E-state index in [0.29, 0.717) is 19.0 Å². The molecule has 0 saturated heterocycles. The van der Waals surface area contributed by atoms with Gasteiger partial charge in [-0.1, -0.05) is 6.42 Å². The highest BCUT2D eigenvalue weighted by Gasteiger charge is 1.99. The van der Waals surface area contributed by atoms with E-state index in [4.69, 9.17) is 11.6 Å². The second kappa shape index (κ2) is 7.22. The molecule has 1 amide bonds.